The molecule has 15 nitrogen and oxygen atoms in total. The van der Waals surface area contributed by atoms with Crippen LogP contribution in [0.4, 0.5) is 0 Å². The van der Waals surface area contributed by atoms with E-state index in [4.69, 9.17) is 55.3 Å². The van der Waals surface area contributed by atoms with E-state index in [0.29, 0.717) is 50.7 Å². The van der Waals surface area contributed by atoms with Crippen molar-refractivity contribution in [1.29, 1.82) is 0 Å². The van der Waals surface area contributed by atoms with E-state index in [2.05, 4.69) is 196 Å². The Morgan fingerprint density at radius 1 is 0.629 bits per heavy atom. The van der Waals surface area contributed by atoms with E-state index >= 15 is 0 Å². The van der Waals surface area contributed by atoms with Crippen molar-refractivity contribution in [2.75, 3.05) is 20.8 Å². The molecule has 17 atom stereocenters. The molecule has 4 saturated heterocycles. The van der Waals surface area contributed by atoms with E-state index in [1.165, 1.54) is 7.11 Å². The Balaban J connectivity index is 1.36. The van der Waals surface area contributed by atoms with Gasteiger partial charge in [0.05, 0.1) is 86.7 Å². The zero-order valence-corrected chi connectivity index (χ0v) is 71.0. The third kappa shape index (κ3) is 22.6. The summed E-state index contributed by atoms with van der Waals surface area (Å²) in [4.78, 5) is 27.5. The topological polar surface area (TPSA) is 165 Å². The summed E-state index contributed by atoms with van der Waals surface area (Å²) in [7, 11) is -9.10. The van der Waals surface area contributed by atoms with E-state index in [0.717, 1.165) is 30.4 Å². The summed E-state index contributed by atoms with van der Waals surface area (Å²) in [6, 6.07) is 9.08. The first kappa shape index (κ1) is 85.4. The Hall–Kier alpha value is -2.24. The van der Waals surface area contributed by atoms with Gasteiger partial charge in [0.25, 0.3) is 0 Å². The summed E-state index contributed by atoms with van der Waals surface area (Å²) in [5.41, 5.74) is 2.51. The number of ether oxygens (including phenoxy) is 7. The molecule has 1 aromatic carbocycles. The predicted molar refractivity (Wildman–Crippen MR) is 407 cm³/mol. The number of methoxy groups -OCH3 is 2. The molecule has 7 unspecified atom stereocenters. The number of hydrogen-bond donors (Lipinski definition) is 1. The summed E-state index contributed by atoms with van der Waals surface area (Å²) >= 11 is 0. The summed E-state index contributed by atoms with van der Waals surface area (Å²) in [6.07, 6.45) is 4.17. The van der Waals surface area contributed by atoms with Gasteiger partial charge in [0.2, 0.25) is 0 Å². The molecule has 1 aromatic rings. The first-order chi connectivity index (χ1) is 44.3. The lowest BCUT2D eigenvalue weighted by molar-refractivity contribution is -0.227. The van der Waals surface area contributed by atoms with Crippen molar-refractivity contribution in [3.8, 4) is 0 Å². The average Bonchev–Trinajstić information content (AvgIpc) is 1.13. The first-order valence-electron chi connectivity index (χ1n) is 36.5. The van der Waals surface area contributed by atoms with Crippen molar-refractivity contribution in [1.82, 2.24) is 0 Å². The molecule has 20 heteroatoms. The molecule has 4 fully saturated rings. The molecule has 0 bridgehead atoms. The number of aliphatic hydroxyl groups is 1. The van der Waals surface area contributed by atoms with Gasteiger partial charge in [0.15, 0.2) is 47.7 Å². The lowest BCUT2D eigenvalue weighted by atomic mass is 9.82. The van der Waals surface area contributed by atoms with Crippen LogP contribution in [0.2, 0.25) is 90.7 Å². The van der Waals surface area contributed by atoms with Gasteiger partial charge in [-0.15, -0.1) is 6.58 Å². The van der Waals surface area contributed by atoms with Gasteiger partial charge in [0.1, 0.15) is 24.4 Å². The van der Waals surface area contributed by atoms with Crippen molar-refractivity contribution in [2.24, 2.45) is 11.8 Å². The van der Waals surface area contributed by atoms with Crippen LogP contribution in [0.1, 0.15) is 185 Å². The Morgan fingerprint density at radius 3 is 1.71 bits per heavy atom. The Labute approximate surface area is 595 Å². The number of benzene rings is 1. The molecule has 1 N–H and O–H groups in total. The van der Waals surface area contributed by atoms with Crippen LogP contribution in [0.25, 0.3) is 0 Å². The molecule has 0 aliphatic carbocycles. The lowest BCUT2D eigenvalue weighted by Crippen LogP contribution is -2.68. The average molecular weight is 1440 g/mol. The standard InChI is InChI=1S/C77H138O15Si5/c1-32-36-61-68(88-72(80)54-37-34-33-35-38-54)70(91-96(28,29)76(14,15)16)71(92-97(30,31)77(17,18)19)69(87-61)62(90-95(26,27)75(11,12)13)43-40-55(78)39-41-56-46-52(3)60(84-56)44-42-57-45-51(2)53(4)63(85-57)49-64-59(48-66(79)81-20)67(82-21)65(86-64)47-58(89-94(24,25)74(8,9)10)50-83-93(22,23)73(5,6)7/h32-35,37-38,40,43,51,55-65,67-71,78H,1,3-4,36,39,41-42,44-50H2,2,5-31H3/t51-,55?,56+,57+,58?,59+,60+,61?,62+,63-,64+,65-,67-,68?,69?,70?,71?/m1/s1. The minimum absolute atomic E-state index is 0.0189. The minimum Gasteiger partial charge on any atom is -0.469 e. The predicted octanol–water partition coefficient (Wildman–Crippen LogP) is 18.4. The molecular weight excluding hydrogens is 1310 g/mol. The minimum atomic E-state index is -2.65. The molecule has 4 heterocycles. The maximum Gasteiger partial charge on any atom is 0.338 e. The highest BCUT2D eigenvalue weighted by atomic mass is 28.4. The zero-order valence-electron chi connectivity index (χ0n) is 66.0. The first-order valence-corrected chi connectivity index (χ1v) is 51.0. The quantitative estimate of drug-likeness (QED) is 0.0424. The summed E-state index contributed by atoms with van der Waals surface area (Å²) < 4.78 is 83.4. The van der Waals surface area contributed by atoms with Gasteiger partial charge in [0, 0.05) is 25.9 Å². The second-order valence-electron chi connectivity index (χ2n) is 36.5. The number of aliphatic hydroxyl groups excluding tert-OH is 1. The van der Waals surface area contributed by atoms with Gasteiger partial charge in [-0.3, -0.25) is 4.79 Å². The van der Waals surface area contributed by atoms with Crippen LogP contribution in [0.5, 0.6) is 0 Å². The van der Waals surface area contributed by atoms with Crippen molar-refractivity contribution in [3.05, 3.63) is 85.0 Å². The van der Waals surface area contributed by atoms with Crippen LogP contribution < -0.4 is 0 Å². The number of carbonyl (C=O) groups excluding carboxylic acids is 2. The molecule has 5 rings (SSSR count). The number of rotatable bonds is 31. The maximum atomic E-state index is 14.3. The second-order valence-corrected chi connectivity index (χ2v) is 60.3. The molecule has 0 amide bonds. The Morgan fingerprint density at radius 2 is 1.18 bits per heavy atom. The number of esters is 2. The largest absolute Gasteiger partial charge is 0.469 e. The Bertz CT molecular complexity index is 2750. The molecule has 0 spiro atoms. The van der Waals surface area contributed by atoms with Crippen LogP contribution in [-0.4, -0.2) is 171 Å². The lowest BCUT2D eigenvalue weighted by Gasteiger charge is -2.54. The number of hydrogen-bond acceptors (Lipinski definition) is 15. The van der Waals surface area contributed by atoms with Crippen molar-refractivity contribution in [3.63, 3.8) is 0 Å². The fourth-order valence-corrected chi connectivity index (χ4v) is 18.5. The molecule has 0 radical (unpaired) electrons. The normalized spacial score (nSPS) is 28.8. The van der Waals surface area contributed by atoms with Crippen molar-refractivity contribution < 1.29 is 70.0 Å². The van der Waals surface area contributed by atoms with Crippen LogP contribution >= 0.6 is 0 Å². The Kier molecular flexibility index (Phi) is 29.7. The molecule has 0 saturated carbocycles. The second kappa shape index (κ2) is 33.7. The van der Waals surface area contributed by atoms with E-state index in [9.17, 15) is 14.7 Å². The van der Waals surface area contributed by atoms with Crippen molar-refractivity contribution in [2.45, 2.75) is 357 Å². The molecule has 4 aliphatic rings. The van der Waals surface area contributed by atoms with Crippen LogP contribution in [-0.2, 0) is 60.1 Å². The van der Waals surface area contributed by atoms with Crippen LogP contribution in [0.3, 0.4) is 0 Å². The monoisotopic (exact) mass is 1440 g/mol. The fraction of sp³-hybridized carbons (Fsp3) is 0.792. The zero-order chi connectivity index (χ0) is 73.6. The van der Waals surface area contributed by atoms with Gasteiger partial charge in [-0.1, -0.05) is 160 Å². The molecular formula is C77H138O15Si5. The SMILES string of the molecule is C=CCC1OC([C@H](C=CC(O)CC[C@H]2CC(=C)[C@H](CC[C@H]3C[C@@H](C)C(=C)[C@@H](C[C@@H]4O[C@H](CC(CO[Si](C)(C)C(C)(C)C)O[Si](C)(C)C(C)(C)C)[C@H](OC)[C@H]4CC(=O)OC)O3)O2)O[Si](C)(C)C(C)(C)C)C(O[Si](C)(C)C(C)(C)C)C(O[Si](C)(C)C(C)(C)C)C1OC(=O)c1ccccc1. The van der Waals surface area contributed by atoms with Crippen molar-refractivity contribution >= 4 is 53.5 Å². The highest BCUT2D eigenvalue weighted by Crippen LogP contribution is 2.49. The third-order valence-electron chi connectivity index (χ3n) is 23.9. The maximum absolute atomic E-state index is 14.3. The molecule has 556 valence electrons. The molecule has 4 aliphatic heterocycles. The van der Waals surface area contributed by atoms with Gasteiger partial charge >= 0.3 is 11.9 Å². The molecule has 0 aromatic heterocycles. The highest BCUT2D eigenvalue weighted by Gasteiger charge is 2.58. The van der Waals surface area contributed by atoms with Crippen LogP contribution in [0, 0.1) is 11.8 Å². The highest BCUT2D eigenvalue weighted by molar-refractivity contribution is 6.76. The smallest absolute Gasteiger partial charge is 0.338 e. The summed E-state index contributed by atoms with van der Waals surface area (Å²) in [5.74, 6) is -0.855. The van der Waals surface area contributed by atoms with Gasteiger partial charge in [-0.05, 0) is 165 Å². The number of carbonyl (C=O) groups is 2. The van der Waals surface area contributed by atoms with Crippen LogP contribution in [0.15, 0.2) is 79.4 Å². The van der Waals surface area contributed by atoms with E-state index in [-0.39, 0.29) is 98.2 Å². The summed E-state index contributed by atoms with van der Waals surface area (Å²) in [5, 5.41) is 11.5. The van der Waals surface area contributed by atoms with E-state index < -0.39 is 90.3 Å². The van der Waals surface area contributed by atoms with Gasteiger partial charge in [-0.2, -0.15) is 0 Å². The molecule has 97 heavy (non-hydrogen) atoms. The summed E-state index contributed by atoms with van der Waals surface area (Å²) in [6.45, 7) is 72.0. The van der Waals surface area contributed by atoms with Gasteiger partial charge < -0.3 is 60.4 Å². The van der Waals surface area contributed by atoms with E-state index in [1.54, 1.807) is 19.2 Å². The van der Waals surface area contributed by atoms with Gasteiger partial charge in [-0.25, -0.2) is 4.79 Å². The third-order valence-corrected chi connectivity index (χ3v) is 46.4. The van der Waals surface area contributed by atoms with E-state index in [1.807, 2.05) is 36.4 Å². The fourth-order valence-electron chi connectivity index (χ4n) is 12.3.